The first-order valence-corrected chi connectivity index (χ1v) is 8.37. The molecule has 0 radical (unpaired) electrons. The first kappa shape index (κ1) is 17.6. The summed E-state index contributed by atoms with van der Waals surface area (Å²) in [7, 11) is 0. The molecule has 1 atom stereocenters. The van der Waals surface area contributed by atoms with Gasteiger partial charge in [0.05, 0.1) is 11.6 Å². The van der Waals surface area contributed by atoms with Crippen LogP contribution in [0.1, 0.15) is 23.1 Å². The molecule has 1 fully saturated rings. The van der Waals surface area contributed by atoms with Crippen LogP contribution in [0.5, 0.6) is 0 Å². The number of amides is 2. The quantitative estimate of drug-likeness (QED) is 0.664. The highest BCUT2D eigenvalue weighted by Crippen LogP contribution is 2.29. The highest BCUT2D eigenvalue weighted by Gasteiger charge is 2.39. The maximum absolute atomic E-state index is 12.7. The maximum Gasteiger partial charge on any atom is 0.328 e. The van der Waals surface area contributed by atoms with Crippen LogP contribution in [0, 0.1) is 12.8 Å². The third-order valence-electron chi connectivity index (χ3n) is 4.37. The number of carbonyl (C=O) groups excluding carboxylic acids is 2. The Morgan fingerprint density at radius 2 is 1.92 bits per heavy atom. The lowest BCUT2D eigenvalue weighted by Crippen LogP contribution is -2.30. The molecule has 2 aromatic rings. The van der Waals surface area contributed by atoms with Crippen LogP contribution in [0.15, 0.2) is 54.6 Å². The van der Waals surface area contributed by atoms with E-state index in [1.54, 1.807) is 24.3 Å². The van der Waals surface area contributed by atoms with E-state index in [-0.39, 0.29) is 24.2 Å². The van der Waals surface area contributed by atoms with Gasteiger partial charge in [0.1, 0.15) is 0 Å². The summed E-state index contributed by atoms with van der Waals surface area (Å²) in [5, 5.41) is 8.65. The second-order valence-electron chi connectivity index (χ2n) is 6.42. The van der Waals surface area contributed by atoms with Crippen molar-refractivity contribution in [2.75, 3.05) is 4.90 Å². The molecule has 1 heterocycles. The van der Waals surface area contributed by atoms with Crippen LogP contribution >= 0.6 is 0 Å². The molecule has 0 bridgehead atoms. The summed E-state index contributed by atoms with van der Waals surface area (Å²) in [6, 6.07) is 14.6. The molecule has 1 aliphatic heterocycles. The second kappa shape index (κ2) is 7.35. The molecule has 2 aromatic carbocycles. The lowest BCUT2D eigenvalue weighted by atomic mass is 9.97. The molecule has 1 aliphatic rings. The van der Waals surface area contributed by atoms with Gasteiger partial charge in [-0.15, -0.1) is 0 Å². The highest BCUT2D eigenvalue weighted by molar-refractivity contribution is 6.21. The van der Waals surface area contributed by atoms with Crippen molar-refractivity contribution in [2.24, 2.45) is 5.92 Å². The van der Waals surface area contributed by atoms with E-state index in [1.807, 2.05) is 31.2 Å². The number of imide groups is 1. The second-order valence-corrected chi connectivity index (χ2v) is 6.42. The summed E-state index contributed by atoms with van der Waals surface area (Å²) in [5.41, 5.74) is 3.37. The number of hydrogen-bond acceptors (Lipinski definition) is 3. The van der Waals surface area contributed by atoms with Gasteiger partial charge in [-0.3, -0.25) is 14.5 Å². The Morgan fingerprint density at radius 3 is 2.58 bits per heavy atom. The maximum atomic E-state index is 12.7. The number of benzene rings is 2. The van der Waals surface area contributed by atoms with Crippen LogP contribution in [0.3, 0.4) is 0 Å². The zero-order valence-electron chi connectivity index (χ0n) is 14.4. The van der Waals surface area contributed by atoms with Crippen LogP contribution < -0.4 is 4.90 Å². The number of aryl methyl sites for hydroxylation is 1. The number of carbonyl (C=O) groups is 3. The standard InChI is InChI=1S/C21H19NO4/c1-14-3-2-4-16(11-14)12-17-13-19(23)22(21(17)26)18-8-5-15(6-9-18)7-10-20(24)25/h2-11,17H,12-13H2,1H3,(H,24,25)/b10-7+/t17-/m0/s1. The predicted octanol–water partition coefficient (Wildman–Crippen LogP) is 3.22. The Balaban J connectivity index is 1.75. The van der Waals surface area contributed by atoms with E-state index < -0.39 is 5.97 Å². The summed E-state index contributed by atoms with van der Waals surface area (Å²) in [5.74, 6) is -1.78. The topological polar surface area (TPSA) is 74.7 Å². The van der Waals surface area contributed by atoms with Crippen molar-refractivity contribution in [1.29, 1.82) is 0 Å². The van der Waals surface area contributed by atoms with Gasteiger partial charge in [0.2, 0.25) is 11.8 Å². The van der Waals surface area contributed by atoms with Crippen LogP contribution in [0.4, 0.5) is 5.69 Å². The van der Waals surface area contributed by atoms with E-state index in [0.717, 1.165) is 17.2 Å². The predicted molar refractivity (Wildman–Crippen MR) is 98.6 cm³/mol. The number of nitrogens with zero attached hydrogens (tertiary/aromatic N) is 1. The third-order valence-corrected chi connectivity index (χ3v) is 4.37. The average Bonchev–Trinajstić information content (AvgIpc) is 2.87. The Morgan fingerprint density at radius 1 is 1.19 bits per heavy atom. The average molecular weight is 349 g/mol. The molecule has 0 aromatic heterocycles. The Bertz CT molecular complexity index is 883. The zero-order chi connectivity index (χ0) is 18.7. The SMILES string of the molecule is Cc1cccc(C[C@H]2CC(=O)N(c3ccc(/C=C/C(=O)O)cc3)C2=O)c1. The van der Waals surface area contributed by atoms with Gasteiger partial charge in [-0.2, -0.15) is 0 Å². The lowest BCUT2D eigenvalue weighted by molar-refractivity contribution is -0.131. The van der Waals surface area contributed by atoms with Gasteiger partial charge < -0.3 is 5.11 Å². The van der Waals surface area contributed by atoms with Gasteiger partial charge in [0.15, 0.2) is 0 Å². The van der Waals surface area contributed by atoms with Gasteiger partial charge in [-0.05, 0) is 42.7 Å². The fraction of sp³-hybridized carbons (Fsp3) is 0.190. The number of hydrogen-bond donors (Lipinski definition) is 1. The number of carboxylic acids is 1. The van der Waals surface area contributed by atoms with Crippen molar-refractivity contribution in [1.82, 2.24) is 0 Å². The molecule has 1 saturated heterocycles. The van der Waals surface area contributed by atoms with Crippen molar-refractivity contribution in [3.63, 3.8) is 0 Å². The number of carboxylic acid groups (broad SMARTS) is 1. The first-order chi connectivity index (χ1) is 12.4. The van der Waals surface area contributed by atoms with Crippen LogP contribution in [0.25, 0.3) is 6.08 Å². The lowest BCUT2D eigenvalue weighted by Gasteiger charge is -2.15. The number of anilines is 1. The summed E-state index contributed by atoms with van der Waals surface area (Å²) in [4.78, 5) is 36.9. The van der Waals surface area contributed by atoms with Crippen molar-refractivity contribution in [3.8, 4) is 0 Å². The molecule has 5 nitrogen and oxygen atoms in total. The van der Waals surface area contributed by atoms with Crippen LogP contribution in [-0.2, 0) is 20.8 Å². The molecule has 0 saturated carbocycles. The third kappa shape index (κ3) is 3.88. The summed E-state index contributed by atoms with van der Waals surface area (Å²) in [6.45, 7) is 2.00. The molecule has 1 N–H and O–H groups in total. The molecule has 0 aliphatic carbocycles. The fourth-order valence-corrected chi connectivity index (χ4v) is 3.15. The first-order valence-electron chi connectivity index (χ1n) is 8.37. The minimum Gasteiger partial charge on any atom is -0.478 e. The molecule has 5 heteroatoms. The largest absolute Gasteiger partial charge is 0.478 e. The molecule has 26 heavy (non-hydrogen) atoms. The van der Waals surface area contributed by atoms with E-state index in [4.69, 9.17) is 5.11 Å². The van der Waals surface area contributed by atoms with Crippen LogP contribution in [-0.4, -0.2) is 22.9 Å². The molecule has 0 unspecified atom stereocenters. The van der Waals surface area contributed by atoms with Gasteiger partial charge >= 0.3 is 5.97 Å². The van der Waals surface area contributed by atoms with Crippen LogP contribution in [0.2, 0.25) is 0 Å². The normalized spacial score (nSPS) is 17.3. The van der Waals surface area contributed by atoms with Gasteiger partial charge in [0, 0.05) is 12.5 Å². The van der Waals surface area contributed by atoms with E-state index in [9.17, 15) is 14.4 Å². The number of rotatable bonds is 5. The zero-order valence-corrected chi connectivity index (χ0v) is 14.4. The Labute approximate surface area is 151 Å². The Kier molecular flexibility index (Phi) is 4.98. The minimum absolute atomic E-state index is 0.190. The minimum atomic E-state index is -1.03. The van der Waals surface area contributed by atoms with Gasteiger partial charge in [-0.25, -0.2) is 4.79 Å². The van der Waals surface area contributed by atoms with Crippen molar-refractivity contribution < 1.29 is 19.5 Å². The highest BCUT2D eigenvalue weighted by atomic mass is 16.4. The molecular formula is C21H19NO4. The van der Waals surface area contributed by atoms with E-state index in [2.05, 4.69) is 0 Å². The number of aliphatic carboxylic acids is 1. The summed E-state index contributed by atoms with van der Waals surface area (Å²) in [6.07, 6.45) is 3.24. The fourth-order valence-electron chi connectivity index (χ4n) is 3.15. The molecule has 3 rings (SSSR count). The van der Waals surface area contributed by atoms with Crippen molar-refractivity contribution >= 4 is 29.5 Å². The van der Waals surface area contributed by atoms with E-state index >= 15 is 0 Å². The van der Waals surface area contributed by atoms with Gasteiger partial charge in [0.25, 0.3) is 0 Å². The smallest absolute Gasteiger partial charge is 0.328 e. The molecular weight excluding hydrogens is 330 g/mol. The van der Waals surface area contributed by atoms with Gasteiger partial charge in [-0.1, -0.05) is 42.0 Å². The molecule has 2 amide bonds. The molecule has 0 spiro atoms. The summed E-state index contributed by atoms with van der Waals surface area (Å²) >= 11 is 0. The van der Waals surface area contributed by atoms with E-state index in [1.165, 1.54) is 11.0 Å². The Hall–Kier alpha value is -3.21. The monoisotopic (exact) mass is 349 g/mol. The van der Waals surface area contributed by atoms with E-state index in [0.29, 0.717) is 17.7 Å². The van der Waals surface area contributed by atoms with Crippen molar-refractivity contribution in [2.45, 2.75) is 19.8 Å². The van der Waals surface area contributed by atoms with Crippen molar-refractivity contribution in [3.05, 3.63) is 71.3 Å². The molecule has 132 valence electrons. The summed E-state index contributed by atoms with van der Waals surface area (Å²) < 4.78 is 0.